The summed E-state index contributed by atoms with van der Waals surface area (Å²) in [4.78, 5) is 25.0. The van der Waals surface area contributed by atoms with Crippen molar-refractivity contribution in [1.29, 1.82) is 0 Å². The molecule has 3 rings (SSSR count). The zero-order valence-electron chi connectivity index (χ0n) is 12.5. The number of anilines is 2. The summed E-state index contributed by atoms with van der Waals surface area (Å²) in [5.41, 5.74) is 1.49. The molecule has 1 aliphatic carbocycles. The summed E-state index contributed by atoms with van der Waals surface area (Å²) < 4.78 is 4.91. The Kier molecular flexibility index (Phi) is 4.46. The predicted molar refractivity (Wildman–Crippen MR) is 84.2 cm³/mol. The Bertz CT molecular complexity index is 538. The highest BCUT2D eigenvalue weighted by molar-refractivity contribution is 5.91. The lowest BCUT2D eigenvalue weighted by Crippen LogP contribution is -2.39. The molecule has 6 nitrogen and oxygen atoms in total. The van der Waals surface area contributed by atoms with Gasteiger partial charge in [-0.3, -0.25) is 4.90 Å². The van der Waals surface area contributed by atoms with E-state index in [2.05, 4.69) is 10.6 Å². The molecule has 1 aliphatic heterocycles. The first-order valence-corrected chi connectivity index (χ1v) is 7.84. The highest BCUT2D eigenvalue weighted by Crippen LogP contribution is 2.21. The second-order valence-corrected chi connectivity index (χ2v) is 5.75. The van der Waals surface area contributed by atoms with E-state index in [-0.39, 0.29) is 18.2 Å². The van der Waals surface area contributed by atoms with Crippen molar-refractivity contribution < 1.29 is 14.3 Å². The van der Waals surface area contributed by atoms with Gasteiger partial charge in [-0.2, -0.15) is 0 Å². The molecule has 0 aromatic heterocycles. The number of carbonyl (C=O) groups excluding carboxylic acids is 2. The van der Waals surface area contributed by atoms with Crippen LogP contribution >= 0.6 is 0 Å². The summed E-state index contributed by atoms with van der Waals surface area (Å²) in [5, 5.41) is 5.84. The maximum Gasteiger partial charge on any atom is 0.414 e. The molecular formula is C16H21N3O3. The smallest absolute Gasteiger partial charge is 0.414 e. The van der Waals surface area contributed by atoms with Crippen molar-refractivity contribution in [3.63, 3.8) is 0 Å². The Hall–Kier alpha value is -2.24. The zero-order chi connectivity index (χ0) is 15.4. The van der Waals surface area contributed by atoms with E-state index in [9.17, 15) is 9.59 Å². The van der Waals surface area contributed by atoms with Crippen LogP contribution in [0.25, 0.3) is 0 Å². The summed E-state index contributed by atoms with van der Waals surface area (Å²) in [6.45, 7) is 0.983. The van der Waals surface area contributed by atoms with Gasteiger partial charge in [-0.25, -0.2) is 9.59 Å². The van der Waals surface area contributed by atoms with Crippen LogP contribution in [-0.2, 0) is 4.74 Å². The summed E-state index contributed by atoms with van der Waals surface area (Å²) in [6, 6.07) is 7.32. The van der Waals surface area contributed by atoms with Crippen LogP contribution in [0.1, 0.15) is 32.1 Å². The summed E-state index contributed by atoms with van der Waals surface area (Å²) in [6.07, 6.45) is 5.43. The molecule has 0 radical (unpaired) electrons. The van der Waals surface area contributed by atoms with E-state index in [1.165, 1.54) is 19.3 Å². The van der Waals surface area contributed by atoms with Gasteiger partial charge in [-0.1, -0.05) is 19.3 Å². The van der Waals surface area contributed by atoms with E-state index in [0.29, 0.717) is 18.8 Å². The van der Waals surface area contributed by atoms with Crippen LogP contribution in [-0.4, -0.2) is 31.3 Å². The lowest BCUT2D eigenvalue weighted by Gasteiger charge is -2.23. The molecule has 1 saturated heterocycles. The van der Waals surface area contributed by atoms with Crippen LogP contribution in [0.15, 0.2) is 24.3 Å². The number of hydrogen-bond acceptors (Lipinski definition) is 3. The number of hydrogen-bond donors (Lipinski definition) is 2. The molecule has 1 aromatic rings. The number of nitrogens with one attached hydrogen (secondary N) is 2. The van der Waals surface area contributed by atoms with Crippen LogP contribution in [0.4, 0.5) is 21.0 Å². The van der Waals surface area contributed by atoms with Crippen molar-refractivity contribution in [1.82, 2.24) is 5.32 Å². The SMILES string of the molecule is O=C(Nc1ccc(N2CCOC2=O)cc1)NC1CCCCC1. The quantitative estimate of drug-likeness (QED) is 0.901. The molecule has 0 spiro atoms. The fraction of sp³-hybridized carbons (Fsp3) is 0.500. The third-order valence-electron chi connectivity index (χ3n) is 4.14. The van der Waals surface area contributed by atoms with Crippen molar-refractivity contribution in [3.05, 3.63) is 24.3 Å². The van der Waals surface area contributed by atoms with Gasteiger partial charge in [0.15, 0.2) is 0 Å². The van der Waals surface area contributed by atoms with E-state index < -0.39 is 0 Å². The third kappa shape index (κ3) is 3.50. The largest absolute Gasteiger partial charge is 0.447 e. The van der Waals surface area contributed by atoms with Gasteiger partial charge in [0.25, 0.3) is 0 Å². The molecule has 118 valence electrons. The number of benzene rings is 1. The first-order chi connectivity index (χ1) is 10.7. The maximum absolute atomic E-state index is 12.0. The highest BCUT2D eigenvalue weighted by Gasteiger charge is 2.23. The molecule has 0 atom stereocenters. The van der Waals surface area contributed by atoms with Crippen LogP contribution < -0.4 is 15.5 Å². The topological polar surface area (TPSA) is 70.7 Å². The van der Waals surface area contributed by atoms with Crippen LogP contribution in [0.5, 0.6) is 0 Å². The van der Waals surface area contributed by atoms with Crippen molar-refractivity contribution >= 4 is 23.5 Å². The van der Waals surface area contributed by atoms with Crippen molar-refractivity contribution in [3.8, 4) is 0 Å². The van der Waals surface area contributed by atoms with E-state index in [1.54, 1.807) is 17.0 Å². The first kappa shape index (κ1) is 14.7. The van der Waals surface area contributed by atoms with E-state index in [1.807, 2.05) is 12.1 Å². The number of carbonyl (C=O) groups is 2. The number of nitrogens with zero attached hydrogens (tertiary/aromatic N) is 1. The van der Waals surface area contributed by atoms with Gasteiger partial charge in [0.1, 0.15) is 6.61 Å². The number of cyclic esters (lactones) is 1. The van der Waals surface area contributed by atoms with Gasteiger partial charge in [0, 0.05) is 17.4 Å². The third-order valence-corrected chi connectivity index (χ3v) is 4.14. The monoisotopic (exact) mass is 303 g/mol. The van der Waals surface area contributed by atoms with Gasteiger partial charge in [0.2, 0.25) is 0 Å². The average molecular weight is 303 g/mol. The van der Waals surface area contributed by atoms with Gasteiger partial charge >= 0.3 is 12.1 Å². The van der Waals surface area contributed by atoms with Gasteiger partial charge < -0.3 is 15.4 Å². The normalized spacial score (nSPS) is 18.9. The van der Waals surface area contributed by atoms with Crippen LogP contribution in [0, 0.1) is 0 Å². The Morgan fingerprint density at radius 3 is 2.50 bits per heavy atom. The molecule has 22 heavy (non-hydrogen) atoms. The zero-order valence-corrected chi connectivity index (χ0v) is 12.5. The fourth-order valence-corrected chi connectivity index (χ4v) is 2.95. The molecule has 1 aromatic carbocycles. The minimum absolute atomic E-state index is 0.166. The Morgan fingerprint density at radius 1 is 1.14 bits per heavy atom. The second kappa shape index (κ2) is 6.68. The minimum atomic E-state index is -0.323. The number of urea groups is 1. The fourth-order valence-electron chi connectivity index (χ4n) is 2.95. The molecule has 2 N–H and O–H groups in total. The van der Waals surface area contributed by atoms with E-state index in [0.717, 1.165) is 18.5 Å². The Morgan fingerprint density at radius 2 is 1.86 bits per heavy atom. The van der Waals surface area contributed by atoms with Crippen molar-refractivity contribution in [2.45, 2.75) is 38.1 Å². The molecular weight excluding hydrogens is 282 g/mol. The molecule has 0 bridgehead atoms. The summed E-state index contributed by atoms with van der Waals surface area (Å²) >= 11 is 0. The van der Waals surface area contributed by atoms with Crippen LogP contribution in [0.3, 0.4) is 0 Å². The van der Waals surface area contributed by atoms with Crippen LogP contribution in [0.2, 0.25) is 0 Å². The lowest BCUT2D eigenvalue weighted by molar-refractivity contribution is 0.181. The molecule has 1 saturated carbocycles. The van der Waals surface area contributed by atoms with Crippen molar-refractivity contribution in [2.24, 2.45) is 0 Å². The van der Waals surface area contributed by atoms with Gasteiger partial charge in [-0.15, -0.1) is 0 Å². The molecule has 1 heterocycles. The highest BCUT2D eigenvalue weighted by atomic mass is 16.6. The number of ether oxygens (including phenoxy) is 1. The Balaban J connectivity index is 1.54. The predicted octanol–water partition coefficient (Wildman–Crippen LogP) is 3.10. The lowest BCUT2D eigenvalue weighted by atomic mass is 9.96. The molecule has 0 unspecified atom stereocenters. The second-order valence-electron chi connectivity index (χ2n) is 5.75. The summed E-state index contributed by atoms with van der Waals surface area (Å²) in [5.74, 6) is 0. The number of rotatable bonds is 3. The molecule has 6 heteroatoms. The standard InChI is InChI=1S/C16H21N3O3/c20-15(17-12-4-2-1-3-5-12)18-13-6-8-14(9-7-13)19-10-11-22-16(19)21/h6-9,12H,1-5,10-11H2,(H2,17,18,20). The number of amides is 3. The molecule has 3 amide bonds. The minimum Gasteiger partial charge on any atom is -0.447 e. The van der Waals surface area contributed by atoms with Gasteiger partial charge in [0.05, 0.1) is 6.54 Å². The van der Waals surface area contributed by atoms with Gasteiger partial charge in [-0.05, 0) is 37.1 Å². The maximum atomic E-state index is 12.0. The van der Waals surface area contributed by atoms with E-state index in [4.69, 9.17) is 4.74 Å². The average Bonchev–Trinajstić information content (AvgIpc) is 2.95. The molecule has 2 fully saturated rings. The van der Waals surface area contributed by atoms with Crippen molar-refractivity contribution in [2.75, 3.05) is 23.4 Å². The Labute approximate surface area is 129 Å². The summed E-state index contributed by atoms with van der Waals surface area (Å²) in [7, 11) is 0. The molecule has 2 aliphatic rings. The van der Waals surface area contributed by atoms with E-state index >= 15 is 0 Å². The first-order valence-electron chi connectivity index (χ1n) is 7.84.